The molecular formula is C13H13ClN2O2. The minimum Gasteiger partial charge on any atom is -0.456 e. The molecule has 2 heterocycles. The lowest BCUT2D eigenvalue weighted by atomic mass is 10.3. The highest BCUT2D eigenvalue weighted by molar-refractivity contribution is 6.29. The van der Waals surface area contributed by atoms with Crippen LogP contribution in [0.5, 0.6) is 0 Å². The van der Waals surface area contributed by atoms with E-state index in [2.05, 4.69) is 9.88 Å². The van der Waals surface area contributed by atoms with E-state index in [4.69, 9.17) is 16.3 Å². The van der Waals surface area contributed by atoms with Gasteiger partial charge in [0.05, 0.1) is 17.9 Å². The average molecular weight is 265 g/mol. The number of carbonyl (C=O) groups is 1. The van der Waals surface area contributed by atoms with E-state index in [1.807, 2.05) is 12.1 Å². The summed E-state index contributed by atoms with van der Waals surface area (Å²) in [5.41, 5.74) is 1.86. The van der Waals surface area contributed by atoms with Crippen LogP contribution in [0.15, 0.2) is 30.0 Å². The van der Waals surface area contributed by atoms with Crippen LogP contribution in [-0.2, 0) is 16.1 Å². The predicted octanol–water partition coefficient (Wildman–Crippen LogP) is 2.14. The van der Waals surface area contributed by atoms with E-state index < -0.39 is 0 Å². The van der Waals surface area contributed by atoms with E-state index in [-0.39, 0.29) is 5.97 Å². The van der Waals surface area contributed by atoms with Gasteiger partial charge in [-0.05, 0) is 25.0 Å². The van der Waals surface area contributed by atoms with Crippen LogP contribution < -0.4 is 0 Å². The van der Waals surface area contributed by atoms with Crippen LogP contribution in [0.4, 0.5) is 0 Å². The molecule has 0 atom stereocenters. The van der Waals surface area contributed by atoms with Crippen LogP contribution in [-0.4, -0.2) is 28.5 Å². The summed E-state index contributed by atoms with van der Waals surface area (Å²) in [7, 11) is 0. The maximum Gasteiger partial charge on any atom is 0.333 e. The summed E-state index contributed by atoms with van der Waals surface area (Å²) in [6.07, 6.45) is 3.89. The normalized spacial score (nSPS) is 18.5. The quantitative estimate of drug-likeness (QED) is 0.617. The highest BCUT2D eigenvalue weighted by atomic mass is 35.5. The second kappa shape index (κ2) is 4.61. The number of hydrogen-bond acceptors (Lipinski definition) is 4. The fraction of sp³-hybridized carbons (Fsp3) is 0.385. The molecule has 2 aliphatic rings. The molecule has 94 valence electrons. The van der Waals surface area contributed by atoms with Gasteiger partial charge in [0, 0.05) is 12.1 Å². The minimum absolute atomic E-state index is 0.255. The molecule has 1 aromatic rings. The van der Waals surface area contributed by atoms with Gasteiger partial charge < -0.3 is 9.64 Å². The molecule has 18 heavy (non-hydrogen) atoms. The van der Waals surface area contributed by atoms with Gasteiger partial charge in [0.1, 0.15) is 11.8 Å². The van der Waals surface area contributed by atoms with Crippen molar-refractivity contribution in [2.75, 3.05) is 6.61 Å². The first-order valence-electron chi connectivity index (χ1n) is 5.98. The number of esters is 1. The summed E-state index contributed by atoms with van der Waals surface area (Å²) < 4.78 is 4.97. The van der Waals surface area contributed by atoms with Crippen molar-refractivity contribution in [3.63, 3.8) is 0 Å². The van der Waals surface area contributed by atoms with Crippen molar-refractivity contribution in [3.05, 3.63) is 40.8 Å². The van der Waals surface area contributed by atoms with Crippen molar-refractivity contribution < 1.29 is 9.53 Å². The molecule has 0 aromatic carbocycles. The van der Waals surface area contributed by atoms with Crippen molar-refractivity contribution in [3.8, 4) is 0 Å². The second-order valence-electron chi connectivity index (χ2n) is 4.55. The van der Waals surface area contributed by atoms with E-state index in [9.17, 15) is 4.79 Å². The Morgan fingerprint density at radius 1 is 1.44 bits per heavy atom. The van der Waals surface area contributed by atoms with E-state index in [1.54, 1.807) is 12.1 Å². The van der Waals surface area contributed by atoms with Crippen LogP contribution in [0.25, 0.3) is 0 Å². The Balaban J connectivity index is 1.79. The molecule has 0 bridgehead atoms. The molecule has 5 heteroatoms. The second-order valence-corrected chi connectivity index (χ2v) is 4.94. The SMILES string of the molecule is O=C1C=C(N(Cc2cccc(Cl)n2)C2CC2)CO1. The lowest BCUT2D eigenvalue weighted by molar-refractivity contribution is -0.135. The van der Waals surface area contributed by atoms with Gasteiger partial charge in [-0.15, -0.1) is 0 Å². The van der Waals surface area contributed by atoms with E-state index in [0.717, 1.165) is 24.2 Å². The molecule has 4 nitrogen and oxygen atoms in total. The topological polar surface area (TPSA) is 42.4 Å². The molecule has 0 radical (unpaired) electrons. The number of carbonyl (C=O) groups excluding carboxylic acids is 1. The van der Waals surface area contributed by atoms with Gasteiger partial charge in [0.2, 0.25) is 0 Å². The third kappa shape index (κ3) is 2.48. The van der Waals surface area contributed by atoms with E-state index in [1.165, 1.54) is 0 Å². The smallest absolute Gasteiger partial charge is 0.333 e. The number of ether oxygens (including phenoxy) is 1. The molecular weight excluding hydrogens is 252 g/mol. The lowest BCUT2D eigenvalue weighted by Gasteiger charge is -2.24. The van der Waals surface area contributed by atoms with Crippen molar-refractivity contribution in [1.29, 1.82) is 0 Å². The number of rotatable bonds is 4. The molecule has 0 spiro atoms. The van der Waals surface area contributed by atoms with Gasteiger partial charge in [-0.1, -0.05) is 17.7 Å². The first-order chi connectivity index (χ1) is 8.72. The summed E-state index contributed by atoms with van der Waals surface area (Å²) in [6, 6.07) is 6.10. The lowest BCUT2D eigenvalue weighted by Crippen LogP contribution is -2.26. The number of nitrogens with zero attached hydrogens (tertiary/aromatic N) is 2. The van der Waals surface area contributed by atoms with Crippen LogP contribution >= 0.6 is 11.6 Å². The number of pyridine rings is 1. The third-order valence-corrected chi connectivity index (χ3v) is 3.32. The monoisotopic (exact) mass is 264 g/mol. The maximum absolute atomic E-state index is 11.1. The fourth-order valence-corrected chi connectivity index (χ4v) is 2.28. The molecule has 0 amide bonds. The Morgan fingerprint density at radius 2 is 2.28 bits per heavy atom. The number of aromatic nitrogens is 1. The molecule has 0 saturated heterocycles. The molecule has 0 unspecified atom stereocenters. The minimum atomic E-state index is -0.255. The molecule has 1 aliphatic carbocycles. The van der Waals surface area contributed by atoms with Crippen LogP contribution in [0.2, 0.25) is 5.15 Å². The Hall–Kier alpha value is -1.55. The van der Waals surface area contributed by atoms with Crippen molar-refractivity contribution in [2.24, 2.45) is 0 Å². The largest absolute Gasteiger partial charge is 0.456 e. The Kier molecular flexibility index (Phi) is 2.96. The van der Waals surface area contributed by atoms with Crippen LogP contribution in [0, 0.1) is 0 Å². The predicted molar refractivity (Wildman–Crippen MR) is 66.9 cm³/mol. The van der Waals surface area contributed by atoms with E-state index >= 15 is 0 Å². The zero-order valence-electron chi connectivity index (χ0n) is 9.80. The van der Waals surface area contributed by atoms with Crippen molar-refractivity contribution in [1.82, 2.24) is 9.88 Å². The van der Waals surface area contributed by atoms with Gasteiger partial charge in [0.15, 0.2) is 0 Å². The van der Waals surface area contributed by atoms with Gasteiger partial charge in [-0.25, -0.2) is 9.78 Å². The summed E-state index contributed by atoms with van der Waals surface area (Å²) >= 11 is 5.88. The average Bonchev–Trinajstić information content (AvgIpc) is 3.09. The zero-order chi connectivity index (χ0) is 12.5. The third-order valence-electron chi connectivity index (χ3n) is 3.11. The molecule has 3 rings (SSSR count). The Morgan fingerprint density at radius 3 is 2.89 bits per heavy atom. The molecule has 1 aliphatic heterocycles. The molecule has 1 fully saturated rings. The standard InChI is InChI=1S/C13H13ClN2O2/c14-12-3-1-2-9(15-12)7-16(10-4-5-10)11-6-13(17)18-8-11/h1-3,6,10H,4-5,7-8H2. The summed E-state index contributed by atoms with van der Waals surface area (Å²) in [6.45, 7) is 1.05. The van der Waals surface area contributed by atoms with Crippen LogP contribution in [0.1, 0.15) is 18.5 Å². The number of hydrogen-bond donors (Lipinski definition) is 0. The summed E-state index contributed by atoms with van der Waals surface area (Å²) in [5, 5.41) is 0.496. The first-order valence-corrected chi connectivity index (χ1v) is 6.35. The molecule has 1 aromatic heterocycles. The fourth-order valence-electron chi connectivity index (χ4n) is 2.09. The summed E-state index contributed by atoms with van der Waals surface area (Å²) in [4.78, 5) is 17.6. The summed E-state index contributed by atoms with van der Waals surface area (Å²) in [5.74, 6) is -0.255. The van der Waals surface area contributed by atoms with Crippen molar-refractivity contribution >= 4 is 17.6 Å². The van der Waals surface area contributed by atoms with Gasteiger partial charge >= 0.3 is 5.97 Å². The zero-order valence-corrected chi connectivity index (χ0v) is 10.6. The molecule has 0 N–H and O–H groups in total. The Bertz CT molecular complexity index is 511. The van der Waals surface area contributed by atoms with E-state index in [0.29, 0.717) is 24.3 Å². The Labute approximate surface area is 110 Å². The van der Waals surface area contributed by atoms with Gasteiger partial charge in [-0.3, -0.25) is 0 Å². The molecule has 1 saturated carbocycles. The highest BCUT2D eigenvalue weighted by Gasteiger charge is 2.33. The highest BCUT2D eigenvalue weighted by Crippen LogP contribution is 2.32. The van der Waals surface area contributed by atoms with Gasteiger partial charge in [0.25, 0.3) is 0 Å². The van der Waals surface area contributed by atoms with Gasteiger partial charge in [-0.2, -0.15) is 0 Å². The first kappa shape index (κ1) is 11.5. The van der Waals surface area contributed by atoms with Crippen LogP contribution in [0.3, 0.4) is 0 Å². The van der Waals surface area contributed by atoms with Crippen molar-refractivity contribution in [2.45, 2.75) is 25.4 Å². The number of cyclic esters (lactones) is 1. The number of halogens is 1. The maximum atomic E-state index is 11.1.